The monoisotopic (exact) mass is 199 g/mol. The Bertz CT molecular complexity index is 168. The normalized spacial score (nSPS) is 27.9. The molecule has 0 saturated heterocycles. The molecule has 0 amide bonds. The zero-order valence-corrected chi connectivity index (χ0v) is 10.1. The van der Waals surface area contributed by atoms with E-state index >= 15 is 0 Å². The Morgan fingerprint density at radius 3 is 2.21 bits per heavy atom. The van der Waals surface area contributed by atoms with Crippen molar-refractivity contribution in [1.29, 1.82) is 0 Å². The minimum absolute atomic E-state index is 0.379. The summed E-state index contributed by atoms with van der Waals surface area (Å²) in [6.07, 6.45) is 2.39. The quantitative estimate of drug-likeness (QED) is 0.749. The summed E-state index contributed by atoms with van der Waals surface area (Å²) >= 11 is 0. The van der Waals surface area contributed by atoms with Crippen molar-refractivity contribution >= 4 is 0 Å². The number of hydrogen-bond donors (Lipinski definition) is 1. The Labute approximate surface area is 88.3 Å². The van der Waals surface area contributed by atoms with E-state index < -0.39 is 0 Å². The van der Waals surface area contributed by atoms with E-state index in [1.165, 1.54) is 19.4 Å². The number of nitrogens with zero attached hydrogens (tertiary/aromatic N) is 1. The first-order chi connectivity index (χ1) is 6.46. The summed E-state index contributed by atoms with van der Waals surface area (Å²) in [5.41, 5.74) is 0.389. The van der Waals surface area contributed by atoms with Crippen molar-refractivity contribution in [3.63, 3.8) is 0 Å². The fourth-order valence-corrected chi connectivity index (χ4v) is 2.26. The second-order valence-corrected chi connectivity index (χ2v) is 5.80. The molecular weight excluding hydrogens is 174 g/mol. The van der Waals surface area contributed by atoms with Crippen molar-refractivity contribution in [2.75, 3.05) is 19.7 Å². The van der Waals surface area contributed by atoms with Gasteiger partial charge in [0.25, 0.3) is 0 Å². The second kappa shape index (κ2) is 4.63. The Morgan fingerprint density at radius 2 is 1.86 bits per heavy atom. The van der Waals surface area contributed by atoms with Crippen molar-refractivity contribution < 1.29 is 5.11 Å². The Morgan fingerprint density at radius 1 is 1.29 bits per heavy atom. The molecule has 1 aliphatic rings. The highest BCUT2D eigenvalue weighted by atomic mass is 16.3. The molecule has 0 heterocycles. The number of aliphatic hydroxyl groups is 1. The highest BCUT2D eigenvalue weighted by molar-refractivity contribution is 4.87. The molecule has 1 N–H and O–H groups in total. The third-order valence-corrected chi connectivity index (χ3v) is 3.07. The molecule has 0 radical (unpaired) electrons. The summed E-state index contributed by atoms with van der Waals surface area (Å²) in [5, 5.41) is 8.97. The van der Waals surface area contributed by atoms with Gasteiger partial charge in [-0.15, -0.1) is 0 Å². The molecular formula is C12H25NO. The molecule has 0 aliphatic heterocycles. The summed E-state index contributed by atoms with van der Waals surface area (Å²) in [6, 6.07) is 0.733. The molecule has 0 aromatic rings. The van der Waals surface area contributed by atoms with Gasteiger partial charge in [0.1, 0.15) is 0 Å². The summed E-state index contributed by atoms with van der Waals surface area (Å²) in [7, 11) is 0. The highest BCUT2D eigenvalue weighted by Gasteiger charge is 2.33. The third-order valence-electron chi connectivity index (χ3n) is 3.07. The maximum Gasteiger partial charge on any atom is 0.0460 e. The van der Waals surface area contributed by atoms with Crippen LogP contribution in [0.15, 0.2) is 0 Å². The number of rotatable bonds is 4. The lowest BCUT2D eigenvalue weighted by Crippen LogP contribution is -2.48. The van der Waals surface area contributed by atoms with Gasteiger partial charge in [0.15, 0.2) is 0 Å². The van der Waals surface area contributed by atoms with Crippen LogP contribution < -0.4 is 0 Å². The molecule has 0 unspecified atom stereocenters. The second-order valence-electron chi connectivity index (χ2n) is 5.80. The maximum atomic E-state index is 8.97. The van der Waals surface area contributed by atoms with Crippen molar-refractivity contribution in [3.8, 4) is 0 Å². The molecule has 1 rings (SSSR count). The molecule has 0 atom stereocenters. The molecule has 1 aliphatic carbocycles. The minimum Gasteiger partial charge on any atom is -0.396 e. The molecule has 2 nitrogen and oxygen atoms in total. The maximum absolute atomic E-state index is 8.97. The average molecular weight is 199 g/mol. The van der Waals surface area contributed by atoms with Crippen molar-refractivity contribution in [3.05, 3.63) is 0 Å². The lowest BCUT2D eigenvalue weighted by atomic mass is 9.79. The predicted octanol–water partition coefficient (Wildman–Crippen LogP) is 2.13. The van der Waals surface area contributed by atoms with E-state index in [1.54, 1.807) is 0 Å². The van der Waals surface area contributed by atoms with Crippen molar-refractivity contribution in [2.24, 2.45) is 11.3 Å². The number of aliphatic hydroxyl groups excluding tert-OH is 1. The van der Waals surface area contributed by atoms with Gasteiger partial charge in [0.2, 0.25) is 0 Å². The summed E-state index contributed by atoms with van der Waals surface area (Å²) in [5.74, 6) is 0.578. The largest absolute Gasteiger partial charge is 0.396 e. The molecule has 0 aromatic carbocycles. The van der Waals surface area contributed by atoms with Crippen LogP contribution in [0.25, 0.3) is 0 Å². The SMILES string of the molecule is CCN(CC(C)(C)C)C1CC(CO)C1. The average Bonchev–Trinajstić information content (AvgIpc) is 1.98. The van der Waals surface area contributed by atoms with E-state index in [2.05, 4.69) is 32.6 Å². The molecule has 0 aromatic heterocycles. The van der Waals surface area contributed by atoms with Crippen LogP contribution in [-0.2, 0) is 0 Å². The summed E-state index contributed by atoms with van der Waals surface area (Å²) in [6.45, 7) is 11.8. The first kappa shape index (κ1) is 12.0. The standard InChI is InChI=1S/C12H25NO/c1-5-13(9-12(2,3)4)11-6-10(7-11)8-14/h10-11,14H,5-9H2,1-4H3. The molecule has 1 fully saturated rings. The third kappa shape index (κ3) is 3.25. The van der Waals surface area contributed by atoms with Crippen LogP contribution in [0.4, 0.5) is 0 Å². The molecule has 84 valence electrons. The topological polar surface area (TPSA) is 23.5 Å². The van der Waals surface area contributed by atoms with E-state index in [4.69, 9.17) is 5.11 Å². The van der Waals surface area contributed by atoms with Gasteiger partial charge in [0, 0.05) is 19.2 Å². The van der Waals surface area contributed by atoms with Gasteiger partial charge in [-0.05, 0) is 30.7 Å². The van der Waals surface area contributed by atoms with Crippen LogP contribution >= 0.6 is 0 Å². The van der Waals surface area contributed by atoms with Gasteiger partial charge in [0.05, 0.1) is 0 Å². The van der Waals surface area contributed by atoms with Crippen LogP contribution in [-0.4, -0.2) is 35.7 Å². The van der Waals surface area contributed by atoms with Crippen LogP contribution in [0.2, 0.25) is 0 Å². The van der Waals surface area contributed by atoms with Gasteiger partial charge in [-0.1, -0.05) is 27.7 Å². The fraction of sp³-hybridized carbons (Fsp3) is 1.00. The molecule has 0 spiro atoms. The molecule has 14 heavy (non-hydrogen) atoms. The summed E-state index contributed by atoms with van der Waals surface area (Å²) < 4.78 is 0. The van der Waals surface area contributed by atoms with Crippen LogP contribution in [0.1, 0.15) is 40.5 Å². The first-order valence-electron chi connectivity index (χ1n) is 5.81. The van der Waals surface area contributed by atoms with Gasteiger partial charge in [-0.3, -0.25) is 0 Å². The van der Waals surface area contributed by atoms with Crippen molar-refractivity contribution in [2.45, 2.75) is 46.6 Å². The van der Waals surface area contributed by atoms with E-state index in [0.29, 0.717) is 17.9 Å². The van der Waals surface area contributed by atoms with Gasteiger partial charge in [-0.25, -0.2) is 0 Å². The van der Waals surface area contributed by atoms with Gasteiger partial charge < -0.3 is 10.0 Å². The van der Waals surface area contributed by atoms with Gasteiger partial charge in [-0.2, -0.15) is 0 Å². The Kier molecular flexibility index (Phi) is 3.96. The Balaban J connectivity index is 2.33. The molecule has 0 bridgehead atoms. The van der Waals surface area contributed by atoms with E-state index in [9.17, 15) is 0 Å². The minimum atomic E-state index is 0.379. The van der Waals surface area contributed by atoms with Crippen LogP contribution in [0.3, 0.4) is 0 Å². The smallest absolute Gasteiger partial charge is 0.0460 e. The number of hydrogen-bond acceptors (Lipinski definition) is 2. The predicted molar refractivity (Wildman–Crippen MR) is 60.3 cm³/mol. The summed E-state index contributed by atoms with van der Waals surface area (Å²) in [4.78, 5) is 2.56. The zero-order valence-electron chi connectivity index (χ0n) is 10.1. The molecule has 2 heteroatoms. The van der Waals surface area contributed by atoms with Crippen molar-refractivity contribution in [1.82, 2.24) is 4.90 Å². The lowest BCUT2D eigenvalue weighted by Gasteiger charge is -2.44. The fourth-order valence-electron chi connectivity index (χ4n) is 2.26. The van der Waals surface area contributed by atoms with E-state index in [0.717, 1.165) is 12.6 Å². The van der Waals surface area contributed by atoms with Crippen LogP contribution in [0, 0.1) is 11.3 Å². The first-order valence-corrected chi connectivity index (χ1v) is 5.81. The van der Waals surface area contributed by atoms with E-state index in [-0.39, 0.29) is 0 Å². The van der Waals surface area contributed by atoms with Gasteiger partial charge >= 0.3 is 0 Å². The lowest BCUT2D eigenvalue weighted by molar-refractivity contribution is 0.0302. The Hall–Kier alpha value is -0.0800. The van der Waals surface area contributed by atoms with E-state index in [1.807, 2.05) is 0 Å². The zero-order chi connectivity index (χ0) is 10.8. The van der Waals surface area contributed by atoms with Crippen LogP contribution in [0.5, 0.6) is 0 Å². The molecule has 1 saturated carbocycles. The highest BCUT2D eigenvalue weighted by Crippen LogP contribution is 2.32.